The van der Waals surface area contributed by atoms with Gasteiger partial charge in [0.1, 0.15) is 0 Å². The van der Waals surface area contributed by atoms with Crippen LogP contribution in [0.5, 0.6) is 0 Å². The van der Waals surface area contributed by atoms with E-state index in [4.69, 9.17) is 5.11 Å². The zero-order valence-corrected chi connectivity index (χ0v) is 10.6. The van der Waals surface area contributed by atoms with Crippen molar-refractivity contribution in [3.8, 4) is 0 Å². The van der Waals surface area contributed by atoms with Crippen LogP contribution in [0.4, 0.5) is 0 Å². The Labute approximate surface area is 104 Å². The van der Waals surface area contributed by atoms with Crippen molar-refractivity contribution >= 4 is 0 Å². The predicted octanol–water partition coefficient (Wildman–Crippen LogP) is 2.89. The van der Waals surface area contributed by atoms with Gasteiger partial charge in [0.05, 0.1) is 0 Å². The summed E-state index contributed by atoms with van der Waals surface area (Å²) in [5.41, 5.74) is 1.41. The molecule has 1 fully saturated rings. The van der Waals surface area contributed by atoms with Gasteiger partial charge >= 0.3 is 0 Å². The fourth-order valence-electron chi connectivity index (χ4n) is 2.38. The van der Waals surface area contributed by atoms with Gasteiger partial charge in [0.15, 0.2) is 0 Å². The number of hydrogen-bond donors (Lipinski definition) is 2. The van der Waals surface area contributed by atoms with Crippen molar-refractivity contribution < 1.29 is 5.11 Å². The third-order valence-corrected chi connectivity index (χ3v) is 3.51. The number of hydrogen-bond acceptors (Lipinski definition) is 2. The average Bonchev–Trinajstić information content (AvgIpc) is 3.19. The molecule has 0 saturated heterocycles. The molecule has 0 spiro atoms. The predicted molar refractivity (Wildman–Crippen MR) is 70.8 cm³/mol. The molecule has 0 radical (unpaired) electrons. The smallest absolute Gasteiger partial charge is 0.0431 e. The lowest BCUT2D eigenvalue weighted by Gasteiger charge is -2.23. The molecule has 0 bridgehead atoms. The number of benzene rings is 1. The van der Waals surface area contributed by atoms with Crippen LogP contribution in [-0.2, 0) is 0 Å². The molecule has 0 amide bonds. The minimum absolute atomic E-state index is 0.297. The Hall–Kier alpha value is -0.860. The number of nitrogens with one attached hydrogen (secondary N) is 1. The summed E-state index contributed by atoms with van der Waals surface area (Å²) in [7, 11) is 0. The second-order valence-corrected chi connectivity index (χ2v) is 5.16. The zero-order valence-electron chi connectivity index (χ0n) is 10.6. The minimum atomic E-state index is 0.297. The quantitative estimate of drug-likeness (QED) is 0.759. The maximum Gasteiger partial charge on any atom is 0.0431 e. The number of rotatable bonds is 7. The molecule has 2 unspecified atom stereocenters. The molecule has 2 rings (SSSR count). The van der Waals surface area contributed by atoms with Crippen LogP contribution in [0.25, 0.3) is 0 Å². The van der Waals surface area contributed by atoms with Crippen molar-refractivity contribution in [1.29, 1.82) is 0 Å². The highest BCUT2D eigenvalue weighted by atomic mass is 16.2. The standard InChI is InChI=1S/C15H23NO/c1-12(6-5-11-17)16-15(14-9-10-14)13-7-3-2-4-8-13/h2-4,7-8,12,14-17H,5-6,9-11H2,1H3. The first-order chi connectivity index (χ1) is 8.31. The van der Waals surface area contributed by atoms with Crippen LogP contribution in [0.2, 0.25) is 0 Å². The molecule has 1 aliphatic rings. The molecule has 2 atom stereocenters. The lowest BCUT2D eigenvalue weighted by Crippen LogP contribution is -2.32. The van der Waals surface area contributed by atoms with E-state index >= 15 is 0 Å². The molecule has 1 aliphatic carbocycles. The molecular formula is C15H23NO. The maximum absolute atomic E-state index is 8.86. The van der Waals surface area contributed by atoms with E-state index in [1.165, 1.54) is 18.4 Å². The highest BCUT2D eigenvalue weighted by Crippen LogP contribution is 2.41. The summed E-state index contributed by atoms with van der Waals surface area (Å²) in [5, 5.41) is 12.6. The minimum Gasteiger partial charge on any atom is -0.396 e. The Morgan fingerprint density at radius 1 is 1.29 bits per heavy atom. The number of aliphatic hydroxyl groups is 1. The number of aliphatic hydroxyl groups excluding tert-OH is 1. The summed E-state index contributed by atoms with van der Waals surface area (Å²) in [6.07, 6.45) is 4.63. The van der Waals surface area contributed by atoms with Gasteiger partial charge in [-0.25, -0.2) is 0 Å². The summed E-state index contributed by atoms with van der Waals surface area (Å²) in [5.74, 6) is 0.814. The Morgan fingerprint density at radius 3 is 2.59 bits per heavy atom. The Morgan fingerprint density at radius 2 is 2.00 bits per heavy atom. The second kappa shape index (κ2) is 6.18. The molecule has 0 heterocycles. The first-order valence-electron chi connectivity index (χ1n) is 6.73. The van der Waals surface area contributed by atoms with Gasteiger partial charge in [-0.2, -0.15) is 0 Å². The van der Waals surface area contributed by atoms with Crippen molar-refractivity contribution in [3.63, 3.8) is 0 Å². The molecule has 1 saturated carbocycles. The first-order valence-corrected chi connectivity index (χ1v) is 6.73. The molecule has 1 aromatic carbocycles. The van der Waals surface area contributed by atoms with Gasteiger partial charge in [0, 0.05) is 18.7 Å². The normalized spacial score (nSPS) is 18.9. The molecule has 2 N–H and O–H groups in total. The summed E-state index contributed by atoms with van der Waals surface area (Å²) >= 11 is 0. The van der Waals surface area contributed by atoms with Crippen LogP contribution in [-0.4, -0.2) is 17.8 Å². The van der Waals surface area contributed by atoms with Crippen LogP contribution in [0, 0.1) is 5.92 Å². The largest absolute Gasteiger partial charge is 0.396 e. The third kappa shape index (κ3) is 3.83. The summed E-state index contributed by atoms with van der Waals surface area (Å²) in [6.45, 7) is 2.51. The molecule has 2 nitrogen and oxygen atoms in total. The third-order valence-electron chi connectivity index (χ3n) is 3.51. The van der Waals surface area contributed by atoms with Gasteiger partial charge in [-0.15, -0.1) is 0 Å². The summed E-state index contributed by atoms with van der Waals surface area (Å²) < 4.78 is 0. The van der Waals surface area contributed by atoms with Crippen molar-refractivity contribution in [2.45, 2.75) is 44.7 Å². The molecule has 94 valence electrons. The van der Waals surface area contributed by atoms with Gasteiger partial charge in [-0.3, -0.25) is 0 Å². The van der Waals surface area contributed by atoms with Crippen molar-refractivity contribution in [1.82, 2.24) is 5.32 Å². The summed E-state index contributed by atoms with van der Waals surface area (Å²) in [6, 6.07) is 11.7. The van der Waals surface area contributed by atoms with Crippen LogP contribution < -0.4 is 5.32 Å². The van der Waals surface area contributed by atoms with Gasteiger partial charge < -0.3 is 10.4 Å². The topological polar surface area (TPSA) is 32.3 Å². The SMILES string of the molecule is CC(CCCO)NC(c1ccccc1)C1CC1. The lowest BCUT2D eigenvalue weighted by molar-refractivity contribution is 0.272. The van der Waals surface area contributed by atoms with E-state index in [-0.39, 0.29) is 0 Å². The fraction of sp³-hybridized carbons (Fsp3) is 0.600. The van der Waals surface area contributed by atoms with Crippen molar-refractivity contribution in [3.05, 3.63) is 35.9 Å². The van der Waals surface area contributed by atoms with Gasteiger partial charge in [-0.1, -0.05) is 30.3 Å². The van der Waals surface area contributed by atoms with E-state index in [1.54, 1.807) is 0 Å². The Bertz CT molecular complexity index is 321. The van der Waals surface area contributed by atoms with Gasteiger partial charge in [-0.05, 0) is 44.1 Å². The molecule has 2 heteroatoms. The molecular weight excluding hydrogens is 210 g/mol. The second-order valence-electron chi connectivity index (χ2n) is 5.16. The van der Waals surface area contributed by atoms with E-state index in [9.17, 15) is 0 Å². The Balaban J connectivity index is 1.94. The maximum atomic E-state index is 8.86. The zero-order chi connectivity index (χ0) is 12.1. The summed E-state index contributed by atoms with van der Waals surface area (Å²) in [4.78, 5) is 0. The molecule has 1 aromatic rings. The highest BCUT2D eigenvalue weighted by Gasteiger charge is 2.32. The molecule has 17 heavy (non-hydrogen) atoms. The average molecular weight is 233 g/mol. The van der Waals surface area contributed by atoms with E-state index in [2.05, 4.69) is 42.6 Å². The van der Waals surface area contributed by atoms with Gasteiger partial charge in [0.25, 0.3) is 0 Å². The van der Waals surface area contributed by atoms with Crippen molar-refractivity contribution in [2.24, 2.45) is 5.92 Å². The van der Waals surface area contributed by atoms with E-state index < -0.39 is 0 Å². The lowest BCUT2D eigenvalue weighted by atomic mass is 10.0. The van der Waals surface area contributed by atoms with Crippen LogP contribution in [0.15, 0.2) is 30.3 Å². The van der Waals surface area contributed by atoms with Gasteiger partial charge in [0.2, 0.25) is 0 Å². The van der Waals surface area contributed by atoms with Crippen LogP contribution >= 0.6 is 0 Å². The van der Waals surface area contributed by atoms with Crippen LogP contribution in [0.3, 0.4) is 0 Å². The molecule has 0 aliphatic heterocycles. The van der Waals surface area contributed by atoms with Crippen LogP contribution in [0.1, 0.15) is 44.2 Å². The van der Waals surface area contributed by atoms with Crippen molar-refractivity contribution in [2.75, 3.05) is 6.61 Å². The monoisotopic (exact) mass is 233 g/mol. The Kier molecular flexibility index (Phi) is 4.57. The highest BCUT2D eigenvalue weighted by molar-refractivity contribution is 5.21. The van der Waals surface area contributed by atoms with E-state index in [0.29, 0.717) is 18.7 Å². The van der Waals surface area contributed by atoms with E-state index in [1.807, 2.05) is 0 Å². The fourth-order valence-corrected chi connectivity index (χ4v) is 2.38. The van der Waals surface area contributed by atoms with E-state index in [0.717, 1.165) is 18.8 Å². The molecule has 0 aromatic heterocycles. The first kappa shape index (κ1) is 12.6.